The molecule has 1 aromatic carbocycles. The summed E-state index contributed by atoms with van der Waals surface area (Å²) in [4.78, 5) is 0. The van der Waals surface area contributed by atoms with Gasteiger partial charge in [-0.3, -0.25) is 0 Å². The molecule has 1 N–H and O–H groups in total. The van der Waals surface area contributed by atoms with Gasteiger partial charge in [0.15, 0.2) is 0 Å². The molecule has 0 bridgehead atoms. The first kappa shape index (κ1) is 11.1. The Balaban J connectivity index is 2.86. The third-order valence-corrected chi connectivity index (χ3v) is 2.16. The smallest absolute Gasteiger partial charge is 0.0684 e. The Morgan fingerprint density at radius 2 is 2.21 bits per heavy atom. The normalized spacial score (nSPS) is 9.36. The Bertz CT molecular complexity index is 360. The van der Waals surface area contributed by atoms with Crippen LogP contribution in [-0.4, -0.2) is 11.0 Å². The number of aliphatic hydroxyl groups is 1. The molecule has 0 unspecified atom stereocenters. The summed E-state index contributed by atoms with van der Waals surface area (Å²) < 4.78 is 0. The monoisotopic (exact) mass is 208 g/mol. The van der Waals surface area contributed by atoms with Gasteiger partial charge in [0.1, 0.15) is 0 Å². The highest BCUT2D eigenvalue weighted by Gasteiger charge is 1.96. The van der Waals surface area contributed by atoms with Gasteiger partial charge >= 0.3 is 0 Å². The van der Waals surface area contributed by atoms with Crippen LogP contribution in [0.15, 0.2) is 18.2 Å². The van der Waals surface area contributed by atoms with E-state index in [-0.39, 0.29) is 6.61 Å². The van der Waals surface area contributed by atoms with Crippen LogP contribution in [0.2, 0.25) is 0 Å². The number of alkyl halides is 1. The molecule has 74 valence electrons. The summed E-state index contributed by atoms with van der Waals surface area (Å²) >= 11 is 5.51. The first-order valence-corrected chi connectivity index (χ1v) is 5.06. The van der Waals surface area contributed by atoms with Crippen LogP contribution in [0.3, 0.4) is 0 Å². The standard InChI is InChI=1S/C12H13ClO/c1-10-5-6-11(4-2-3-7-13)8-12(10)9-14/h5-6,8,14H,3,7,9H2,1H3. The fourth-order valence-electron chi connectivity index (χ4n) is 1.13. The molecule has 0 fully saturated rings. The van der Waals surface area contributed by atoms with Crippen LogP contribution >= 0.6 is 11.6 Å². The Kier molecular flexibility index (Phi) is 4.52. The van der Waals surface area contributed by atoms with Gasteiger partial charge in [0.25, 0.3) is 0 Å². The Morgan fingerprint density at radius 1 is 1.43 bits per heavy atom. The van der Waals surface area contributed by atoms with E-state index in [9.17, 15) is 0 Å². The van der Waals surface area contributed by atoms with Crippen molar-refractivity contribution in [1.82, 2.24) is 0 Å². The first-order valence-electron chi connectivity index (χ1n) is 4.53. The van der Waals surface area contributed by atoms with Crippen molar-refractivity contribution in [2.75, 3.05) is 5.88 Å². The lowest BCUT2D eigenvalue weighted by atomic mass is 10.1. The molecular weight excluding hydrogens is 196 g/mol. The van der Waals surface area contributed by atoms with Gasteiger partial charge in [0.05, 0.1) is 6.61 Å². The summed E-state index contributed by atoms with van der Waals surface area (Å²) in [6, 6.07) is 5.84. The number of hydrogen-bond donors (Lipinski definition) is 1. The maximum Gasteiger partial charge on any atom is 0.0684 e. The maximum absolute atomic E-state index is 9.05. The molecule has 1 aromatic rings. The second-order valence-corrected chi connectivity index (χ2v) is 3.42. The highest BCUT2D eigenvalue weighted by molar-refractivity contribution is 6.18. The minimum absolute atomic E-state index is 0.0663. The molecule has 1 rings (SSSR count). The van der Waals surface area contributed by atoms with Crippen molar-refractivity contribution >= 4 is 11.6 Å². The number of halogens is 1. The second-order valence-electron chi connectivity index (χ2n) is 3.04. The van der Waals surface area contributed by atoms with Crippen LogP contribution < -0.4 is 0 Å². The second kappa shape index (κ2) is 5.70. The largest absolute Gasteiger partial charge is 0.392 e. The zero-order valence-corrected chi connectivity index (χ0v) is 8.93. The van der Waals surface area contributed by atoms with Crippen molar-refractivity contribution in [3.8, 4) is 11.8 Å². The van der Waals surface area contributed by atoms with E-state index in [1.807, 2.05) is 25.1 Å². The number of rotatable bonds is 2. The minimum Gasteiger partial charge on any atom is -0.392 e. The number of benzene rings is 1. The van der Waals surface area contributed by atoms with E-state index in [2.05, 4.69) is 11.8 Å². The van der Waals surface area contributed by atoms with E-state index >= 15 is 0 Å². The maximum atomic E-state index is 9.05. The Morgan fingerprint density at radius 3 is 2.86 bits per heavy atom. The third-order valence-electron chi connectivity index (χ3n) is 1.97. The molecule has 0 atom stereocenters. The average Bonchev–Trinajstić information content (AvgIpc) is 2.21. The van der Waals surface area contributed by atoms with Gasteiger partial charge in [0.2, 0.25) is 0 Å². The summed E-state index contributed by atoms with van der Waals surface area (Å²) in [6.45, 7) is 2.04. The minimum atomic E-state index is 0.0663. The molecule has 0 aromatic heterocycles. The zero-order chi connectivity index (χ0) is 10.4. The summed E-state index contributed by atoms with van der Waals surface area (Å²) in [5.41, 5.74) is 2.96. The average molecular weight is 209 g/mol. The molecule has 0 spiro atoms. The van der Waals surface area contributed by atoms with Crippen molar-refractivity contribution in [3.05, 3.63) is 34.9 Å². The summed E-state index contributed by atoms with van der Waals surface area (Å²) in [6.07, 6.45) is 0.698. The van der Waals surface area contributed by atoms with Gasteiger partial charge in [-0.1, -0.05) is 17.9 Å². The topological polar surface area (TPSA) is 20.2 Å². The Hall–Kier alpha value is -0.970. The fourth-order valence-corrected chi connectivity index (χ4v) is 1.23. The van der Waals surface area contributed by atoms with Crippen LogP contribution in [-0.2, 0) is 6.61 Å². The van der Waals surface area contributed by atoms with E-state index in [4.69, 9.17) is 16.7 Å². The van der Waals surface area contributed by atoms with E-state index in [0.29, 0.717) is 12.3 Å². The molecule has 0 aliphatic heterocycles. The SMILES string of the molecule is Cc1ccc(C#CCCCl)cc1CO. The van der Waals surface area contributed by atoms with E-state index in [1.54, 1.807) is 0 Å². The fraction of sp³-hybridized carbons (Fsp3) is 0.333. The molecule has 0 heterocycles. The molecule has 1 nitrogen and oxygen atoms in total. The van der Waals surface area contributed by atoms with Gasteiger partial charge in [-0.2, -0.15) is 0 Å². The van der Waals surface area contributed by atoms with Crippen molar-refractivity contribution in [2.24, 2.45) is 0 Å². The van der Waals surface area contributed by atoms with Gasteiger partial charge < -0.3 is 5.11 Å². The van der Waals surface area contributed by atoms with Crippen molar-refractivity contribution in [2.45, 2.75) is 20.0 Å². The molecule has 0 saturated heterocycles. The molecule has 0 radical (unpaired) electrons. The molecular formula is C12H13ClO. The predicted octanol–water partition coefficient (Wildman–Crippen LogP) is 2.47. The van der Waals surface area contributed by atoms with E-state index in [1.165, 1.54) is 0 Å². The molecule has 14 heavy (non-hydrogen) atoms. The van der Waals surface area contributed by atoms with Crippen molar-refractivity contribution < 1.29 is 5.11 Å². The predicted molar refractivity (Wildman–Crippen MR) is 59.3 cm³/mol. The van der Waals surface area contributed by atoms with Gasteiger partial charge in [0, 0.05) is 17.9 Å². The van der Waals surface area contributed by atoms with E-state index in [0.717, 1.165) is 16.7 Å². The molecule has 0 amide bonds. The van der Waals surface area contributed by atoms with Gasteiger partial charge in [-0.25, -0.2) is 0 Å². The lowest BCUT2D eigenvalue weighted by molar-refractivity contribution is 0.281. The van der Waals surface area contributed by atoms with Crippen molar-refractivity contribution in [3.63, 3.8) is 0 Å². The first-order chi connectivity index (χ1) is 6.77. The van der Waals surface area contributed by atoms with Gasteiger partial charge in [-0.15, -0.1) is 11.6 Å². The van der Waals surface area contributed by atoms with Crippen LogP contribution in [0.1, 0.15) is 23.1 Å². The Labute approximate surface area is 89.7 Å². The van der Waals surface area contributed by atoms with Crippen LogP contribution in [0.25, 0.3) is 0 Å². The number of aliphatic hydroxyl groups excluding tert-OH is 1. The van der Waals surface area contributed by atoms with E-state index < -0.39 is 0 Å². The summed E-state index contributed by atoms with van der Waals surface area (Å²) in [5, 5.41) is 9.05. The summed E-state index contributed by atoms with van der Waals surface area (Å²) in [5.74, 6) is 6.52. The van der Waals surface area contributed by atoms with Crippen LogP contribution in [0.4, 0.5) is 0 Å². The number of aryl methyl sites for hydroxylation is 1. The lowest BCUT2D eigenvalue weighted by Crippen LogP contribution is -1.89. The highest BCUT2D eigenvalue weighted by atomic mass is 35.5. The van der Waals surface area contributed by atoms with Crippen LogP contribution in [0, 0.1) is 18.8 Å². The molecule has 0 saturated carbocycles. The highest BCUT2D eigenvalue weighted by Crippen LogP contribution is 2.10. The molecule has 2 heteroatoms. The molecule has 0 aliphatic rings. The third kappa shape index (κ3) is 3.06. The molecule has 0 aliphatic carbocycles. The van der Waals surface area contributed by atoms with Gasteiger partial charge in [-0.05, 0) is 30.2 Å². The summed E-state index contributed by atoms with van der Waals surface area (Å²) in [7, 11) is 0. The quantitative estimate of drug-likeness (QED) is 0.585. The van der Waals surface area contributed by atoms with Crippen LogP contribution in [0.5, 0.6) is 0 Å². The number of hydrogen-bond acceptors (Lipinski definition) is 1. The zero-order valence-electron chi connectivity index (χ0n) is 8.18. The lowest BCUT2D eigenvalue weighted by Gasteiger charge is -2.01. The van der Waals surface area contributed by atoms with Crippen molar-refractivity contribution in [1.29, 1.82) is 0 Å².